The highest BCUT2D eigenvalue weighted by Gasteiger charge is 2.39. The summed E-state index contributed by atoms with van der Waals surface area (Å²) < 4.78 is 0. The molecule has 0 aromatic rings. The van der Waals surface area contributed by atoms with Gasteiger partial charge in [0.2, 0.25) is 0 Å². The minimum Gasteiger partial charge on any atom is -0.198 e. The second-order valence-electron chi connectivity index (χ2n) is 7.57. The predicted molar refractivity (Wildman–Crippen MR) is 85.3 cm³/mol. The zero-order valence-electron chi connectivity index (χ0n) is 13.7. The monoisotopic (exact) mass is 275 g/mol. The molecule has 0 aliphatic heterocycles. The van der Waals surface area contributed by atoms with Crippen LogP contribution in [0.25, 0.3) is 0 Å². The highest BCUT2D eigenvalue weighted by atomic mass is 14.5. The van der Waals surface area contributed by atoms with Gasteiger partial charge in [0, 0.05) is 0 Å². The van der Waals surface area contributed by atoms with E-state index in [9.17, 15) is 5.26 Å². The van der Waals surface area contributed by atoms with Gasteiger partial charge < -0.3 is 0 Å². The van der Waals surface area contributed by atoms with Crippen LogP contribution in [0.15, 0.2) is 0 Å². The van der Waals surface area contributed by atoms with Gasteiger partial charge in [0.15, 0.2) is 0 Å². The Hall–Kier alpha value is -0.510. The van der Waals surface area contributed by atoms with Gasteiger partial charge in [-0.1, -0.05) is 58.8 Å². The second-order valence-corrected chi connectivity index (χ2v) is 7.57. The highest BCUT2D eigenvalue weighted by molar-refractivity contribution is 5.02. The molecule has 0 heterocycles. The molecule has 20 heavy (non-hydrogen) atoms. The van der Waals surface area contributed by atoms with Crippen LogP contribution < -0.4 is 0 Å². The number of rotatable bonds is 5. The average molecular weight is 275 g/mol. The topological polar surface area (TPSA) is 23.8 Å². The lowest BCUT2D eigenvalue weighted by Gasteiger charge is -2.41. The molecule has 2 aliphatic rings. The molecule has 0 aromatic carbocycles. The lowest BCUT2D eigenvalue weighted by molar-refractivity contribution is 0.104. The summed E-state index contributed by atoms with van der Waals surface area (Å²) in [4.78, 5) is 0. The molecule has 0 bridgehead atoms. The fraction of sp³-hybridized carbons (Fsp3) is 0.947. The summed E-state index contributed by atoms with van der Waals surface area (Å²) in [5.74, 6) is 2.81. The van der Waals surface area contributed by atoms with Gasteiger partial charge in [0.05, 0.1) is 11.5 Å². The summed E-state index contributed by atoms with van der Waals surface area (Å²) in [5, 5.41) is 9.65. The van der Waals surface area contributed by atoms with Crippen molar-refractivity contribution >= 4 is 0 Å². The van der Waals surface area contributed by atoms with Gasteiger partial charge in [0.25, 0.3) is 0 Å². The Kier molecular flexibility index (Phi) is 5.94. The minimum atomic E-state index is 0.0396. The molecule has 114 valence electrons. The van der Waals surface area contributed by atoms with Crippen molar-refractivity contribution in [3.05, 3.63) is 0 Å². The van der Waals surface area contributed by atoms with Gasteiger partial charge in [-0.2, -0.15) is 5.26 Å². The molecule has 2 fully saturated rings. The van der Waals surface area contributed by atoms with Crippen molar-refractivity contribution in [3.8, 4) is 6.07 Å². The lowest BCUT2D eigenvalue weighted by Crippen LogP contribution is -2.32. The van der Waals surface area contributed by atoms with E-state index in [2.05, 4.69) is 19.9 Å². The van der Waals surface area contributed by atoms with Crippen LogP contribution >= 0.6 is 0 Å². The van der Waals surface area contributed by atoms with E-state index in [4.69, 9.17) is 0 Å². The van der Waals surface area contributed by atoms with Crippen LogP contribution in [0.1, 0.15) is 90.9 Å². The summed E-state index contributed by atoms with van der Waals surface area (Å²) in [6.07, 6.45) is 16.0. The SMILES string of the molecule is CCCC1(C#N)CCCC([C@H]2CC[C@H](CCC)CC2)C1. The van der Waals surface area contributed by atoms with Crippen molar-refractivity contribution in [1.29, 1.82) is 5.26 Å². The average Bonchev–Trinajstić information content (AvgIpc) is 2.49. The minimum absolute atomic E-state index is 0.0396. The van der Waals surface area contributed by atoms with Gasteiger partial charge in [-0.25, -0.2) is 0 Å². The number of hydrogen-bond donors (Lipinski definition) is 0. The van der Waals surface area contributed by atoms with Crippen molar-refractivity contribution in [3.63, 3.8) is 0 Å². The first-order chi connectivity index (χ1) is 9.73. The van der Waals surface area contributed by atoms with E-state index < -0.39 is 0 Å². The summed E-state index contributed by atoms with van der Waals surface area (Å²) >= 11 is 0. The van der Waals surface area contributed by atoms with E-state index in [0.29, 0.717) is 0 Å². The fourth-order valence-electron chi connectivity index (χ4n) is 5.03. The molecular weight excluding hydrogens is 242 g/mol. The smallest absolute Gasteiger partial charge is 0.0689 e. The molecule has 2 unspecified atom stereocenters. The van der Waals surface area contributed by atoms with Crippen LogP contribution in [0.5, 0.6) is 0 Å². The third-order valence-corrected chi connectivity index (χ3v) is 6.10. The molecule has 1 heteroatoms. The van der Waals surface area contributed by atoms with Crippen LogP contribution in [-0.2, 0) is 0 Å². The Morgan fingerprint density at radius 3 is 2.35 bits per heavy atom. The van der Waals surface area contributed by atoms with E-state index in [1.165, 1.54) is 70.6 Å². The van der Waals surface area contributed by atoms with E-state index in [-0.39, 0.29) is 5.41 Å². The van der Waals surface area contributed by atoms with Crippen molar-refractivity contribution in [1.82, 2.24) is 0 Å². The fourth-order valence-corrected chi connectivity index (χ4v) is 5.03. The van der Waals surface area contributed by atoms with Gasteiger partial charge in [-0.15, -0.1) is 0 Å². The second kappa shape index (κ2) is 7.48. The molecule has 2 saturated carbocycles. The van der Waals surface area contributed by atoms with E-state index in [1.54, 1.807) is 0 Å². The summed E-state index contributed by atoms with van der Waals surface area (Å²) in [5.41, 5.74) is 0.0396. The Bertz CT molecular complexity index is 317. The Morgan fingerprint density at radius 2 is 1.75 bits per heavy atom. The third-order valence-electron chi connectivity index (χ3n) is 6.10. The first-order valence-electron chi connectivity index (χ1n) is 9.14. The van der Waals surface area contributed by atoms with Gasteiger partial charge >= 0.3 is 0 Å². The molecule has 0 N–H and O–H groups in total. The maximum atomic E-state index is 9.65. The van der Waals surface area contributed by atoms with E-state index >= 15 is 0 Å². The predicted octanol–water partition coefficient (Wildman–Crippen LogP) is 6.09. The maximum absolute atomic E-state index is 9.65. The maximum Gasteiger partial charge on any atom is 0.0689 e. The number of nitrogens with zero attached hydrogens (tertiary/aromatic N) is 1. The third kappa shape index (κ3) is 3.78. The summed E-state index contributed by atoms with van der Waals surface area (Å²) in [6.45, 7) is 4.55. The van der Waals surface area contributed by atoms with Crippen LogP contribution in [0.3, 0.4) is 0 Å². The van der Waals surface area contributed by atoms with Gasteiger partial charge in [-0.3, -0.25) is 0 Å². The van der Waals surface area contributed by atoms with Crippen LogP contribution in [0.2, 0.25) is 0 Å². The zero-order valence-corrected chi connectivity index (χ0v) is 13.7. The quantitative estimate of drug-likeness (QED) is 0.595. The molecular formula is C19H33N. The molecule has 2 atom stereocenters. The lowest BCUT2D eigenvalue weighted by atomic mass is 9.62. The number of nitriles is 1. The Balaban J connectivity index is 1.88. The van der Waals surface area contributed by atoms with Crippen molar-refractivity contribution in [2.45, 2.75) is 90.9 Å². The van der Waals surface area contributed by atoms with Crippen LogP contribution in [0.4, 0.5) is 0 Å². The summed E-state index contributed by atoms with van der Waals surface area (Å²) in [7, 11) is 0. The van der Waals surface area contributed by atoms with Crippen molar-refractivity contribution < 1.29 is 0 Å². The normalized spacial score (nSPS) is 38.4. The van der Waals surface area contributed by atoms with Crippen LogP contribution in [-0.4, -0.2) is 0 Å². The highest BCUT2D eigenvalue weighted by Crippen LogP contribution is 2.48. The van der Waals surface area contributed by atoms with Gasteiger partial charge in [0.1, 0.15) is 0 Å². The largest absolute Gasteiger partial charge is 0.198 e. The van der Waals surface area contributed by atoms with Crippen LogP contribution in [0, 0.1) is 34.5 Å². The molecule has 0 radical (unpaired) electrons. The van der Waals surface area contributed by atoms with E-state index in [1.807, 2.05) is 0 Å². The molecule has 0 spiro atoms. The zero-order chi connectivity index (χ0) is 14.4. The Labute approximate surface area is 126 Å². The number of hydrogen-bond acceptors (Lipinski definition) is 1. The van der Waals surface area contributed by atoms with E-state index in [0.717, 1.165) is 24.2 Å². The van der Waals surface area contributed by atoms with Gasteiger partial charge in [-0.05, 0) is 49.9 Å². The Morgan fingerprint density at radius 1 is 1.00 bits per heavy atom. The molecule has 2 aliphatic carbocycles. The first kappa shape index (κ1) is 15.9. The van der Waals surface area contributed by atoms with Crippen molar-refractivity contribution in [2.24, 2.45) is 23.2 Å². The molecule has 0 amide bonds. The molecule has 1 nitrogen and oxygen atoms in total. The summed E-state index contributed by atoms with van der Waals surface area (Å²) in [6, 6.07) is 2.72. The standard InChI is InChI=1S/C19H33N/c1-3-6-16-8-10-17(11-9-16)18-7-5-13-19(14-18,15-20)12-4-2/h16-18H,3-14H2,1-2H3/t16-,17-,18?,19?. The molecule has 0 aromatic heterocycles. The first-order valence-corrected chi connectivity index (χ1v) is 9.14. The van der Waals surface area contributed by atoms with Crippen molar-refractivity contribution in [2.75, 3.05) is 0 Å². The molecule has 0 saturated heterocycles. The molecule has 2 rings (SSSR count).